The molecule has 1 fully saturated rings. The molecule has 0 heterocycles. The minimum Gasteiger partial charge on any atom is -0.330 e. The third-order valence-corrected chi connectivity index (χ3v) is 3.92. The molecule has 1 unspecified atom stereocenters. The van der Waals surface area contributed by atoms with E-state index in [0.717, 1.165) is 24.8 Å². The summed E-state index contributed by atoms with van der Waals surface area (Å²) in [7, 11) is 0. The lowest BCUT2D eigenvalue weighted by Crippen LogP contribution is -2.25. The smallest absolute Gasteiger partial charge is 0.00205 e. The van der Waals surface area contributed by atoms with Gasteiger partial charge < -0.3 is 11.1 Å². The van der Waals surface area contributed by atoms with Crippen molar-refractivity contribution in [3.05, 3.63) is 0 Å². The molecule has 0 aromatic heterocycles. The average Bonchev–Trinajstić information content (AvgIpc) is 2.99. The van der Waals surface area contributed by atoms with Gasteiger partial charge in [-0.2, -0.15) is 0 Å². The molecular formula is C14H30N2. The molecular weight excluding hydrogens is 196 g/mol. The van der Waals surface area contributed by atoms with E-state index in [2.05, 4.69) is 26.1 Å². The van der Waals surface area contributed by atoms with E-state index in [1.165, 1.54) is 38.8 Å². The zero-order valence-corrected chi connectivity index (χ0v) is 11.4. The molecule has 1 aliphatic carbocycles. The molecule has 0 amide bonds. The van der Waals surface area contributed by atoms with E-state index < -0.39 is 0 Å². The summed E-state index contributed by atoms with van der Waals surface area (Å²) in [6, 6.07) is 0. The minimum absolute atomic E-state index is 0.429. The molecule has 2 nitrogen and oxygen atoms in total. The highest BCUT2D eigenvalue weighted by atomic mass is 14.9. The van der Waals surface area contributed by atoms with Gasteiger partial charge in [-0.1, -0.05) is 20.8 Å². The summed E-state index contributed by atoms with van der Waals surface area (Å²) in [6.45, 7) is 10.2. The first-order chi connectivity index (χ1) is 7.55. The Balaban J connectivity index is 1.94. The van der Waals surface area contributed by atoms with Gasteiger partial charge >= 0.3 is 0 Å². The number of nitrogens with one attached hydrogen (secondary N) is 1. The van der Waals surface area contributed by atoms with Gasteiger partial charge in [-0.05, 0) is 69.0 Å². The first kappa shape index (κ1) is 14.0. The third kappa shape index (κ3) is 5.86. The molecule has 16 heavy (non-hydrogen) atoms. The van der Waals surface area contributed by atoms with Crippen LogP contribution < -0.4 is 11.1 Å². The summed E-state index contributed by atoms with van der Waals surface area (Å²) >= 11 is 0. The second kappa shape index (κ2) is 6.61. The van der Waals surface area contributed by atoms with Crippen molar-refractivity contribution in [1.29, 1.82) is 0 Å². The van der Waals surface area contributed by atoms with Crippen LogP contribution in [0.5, 0.6) is 0 Å². The fourth-order valence-corrected chi connectivity index (χ4v) is 2.37. The predicted molar refractivity (Wildman–Crippen MR) is 71.4 cm³/mol. The van der Waals surface area contributed by atoms with E-state index in [1.54, 1.807) is 0 Å². The van der Waals surface area contributed by atoms with Crippen LogP contribution >= 0.6 is 0 Å². The standard InChI is InChI=1S/C14H30N2/c1-12(13-5-6-13)11-16-10-4-7-14(2,3)8-9-15/h12-13,16H,4-11,15H2,1-3H3. The Morgan fingerprint density at radius 1 is 1.31 bits per heavy atom. The summed E-state index contributed by atoms with van der Waals surface area (Å²) in [5, 5.41) is 3.59. The Bertz CT molecular complexity index is 185. The fourth-order valence-electron chi connectivity index (χ4n) is 2.37. The van der Waals surface area contributed by atoms with Gasteiger partial charge in [0.25, 0.3) is 0 Å². The molecule has 0 bridgehead atoms. The molecule has 2 heteroatoms. The molecule has 0 radical (unpaired) electrons. The van der Waals surface area contributed by atoms with Crippen LogP contribution in [0.3, 0.4) is 0 Å². The predicted octanol–water partition coefficient (Wildman–Crippen LogP) is 2.78. The van der Waals surface area contributed by atoms with E-state index in [-0.39, 0.29) is 0 Å². The second-order valence-electron chi connectivity index (χ2n) is 6.33. The summed E-state index contributed by atoms with van der Waals surface area (Å²) in [4.78, 5) is 0. The van der Waals surface area contributed by atoms with Crippen LogP contribution in [0.2, 0.25) is 0 Å². The zero-order chi connectivity index (χ0) is 12.0. The Morgan fingerprint density at radius 2 is 2.00 bits per heavy atom. The molecule has 1 rings (SSSR count). The van der Waals surface area contributed by atoms with Gasteiger partial charge in [0, 0.05) is 0 Å². The highest BCUT2D eigenvalue weighted by Gasteiger charge is 2.27. The van der Waals surface area contributed by atoms with Crippen molar-refractivity contribution in [2.24, 2.45) is 23.0 Å². The number of nitrogens with two attached hydrogens (primary N) is 1. The van der Waals surface area contributed by atoms with Gasteiger partial charge in [0.15, 0.2) is 0 Å². The van der Waals surface area contributed by atoms with Gasteiger partial charge in [0.05, 0.1) is 0 Å². The monoisotopic (exact) mass is 226 g/mol. The van der Waals surface area contributed by atoms with Crippen LogP contribution in [0, 0.1) is 17.3 Å². The lowest BCUT2D eigenvalue weighted by atomic mass is 9.84. The van der Waals surface area contributed by atoms with E-state index in [0.29, 0.717) is 5.41 Å². The van der Waals surface area contributed by atoms with Crippen molar-refractivity contribution in [1.82, 2.24) is 5.32 Å². The molecule has 1 saturated carbocycles. The quantitative estimate of drug-likeness (QED) is 0.593. The third-order valence-electron chi connectivity index (χ3n) is 3.92. The van der Waals surface area contributed by atoms with Gasteiger partial charge in [0.1, 0.15) is 0 Å². The first-order valence-corrected chi connectivity index (χ1v) is 6.96. The molecule has 1 atom stereocenters. The average molecular weight is 226 g/mol. The van der Waals surface area contributed by atoms with Crippen LogP contribution in [-0.2, 0) is 0 Å². The van der Waals surface area contributed by atoms with Crippen molar-refractivity contribution in [3.8, 4) is 0 Å². The van der Waals surface area contributed by atoms with Crippen LogP contribution in [0.15, 0.2) is 0 Å². The molecule has 3 N–H and O–H groups in total. The first-order valence-electron chi connectivity index (χ1n) is 6.96. The van der Waals surface area contributed by atoms with Crippen LogP contribution in [0.4, 0.5) is 0 Å². The van der Waals surface area contributed by atoms with Gasteiger partial charge in [-0.15, -0.1) is 0 Å². The molecule has 0 aliphatic heterocycles. The maximum atomic E-state index is 5.61. The van der Waals surface area contributed by atoms with Gasteiger partial charge in [-0.3, -0.25) is 0 Å². The maximum Gasteiger partial charge on any atom is -0.00205 e. The Hall–Kier alpha value is -0.0800. The van der Waals surface area contributed by atoms with E-state index in [4.69, 9.17) is 5.73 Å². The summed E-state index contributed by atoms with van der Waals surface area (Å²) in [5.74, 6) is 1.92. The van der Waals surface area contributed by atoms with Crippen molar-refractivity contribution < 1.29 is 0 Å². The fraction of sp³-hybridized carbons (Fsp3) is 1.00. The summed E-state index contributed by atoms with van der Waals surface area (Å²) < 4.78 is 0. The van der Waals surface area contributed by atoms with Gasteiger partial charge in [0.2, 0.25) is 0 Å². The number of rotatable bonds is 9. The maximum absolute atomic E-state index is 5.61. The Morgan fingerprint density at radius 3 is 2.56 bits per heavy atom. The van der Waals surface area contributed by atoms with E-state index >= 15 is 0 Å². The van der Waals surface area contributed by atoms with Crippen molar-refractivity contribution in [2.75, 3.05) is 19.6 Å². The van der Waals surface area contributed by atoms with Gasteiger partial charge in [-0.25, -0.2) is 0 Å². The molecule has 96 valence electrons. The Kier molecular flexibility index (Phi) is 5.77. The zero-order valence-electron chi connectivity index (χ0n) is 11.4. The SMILES string of the molecule is CC(CNCCCC(C)(C)CCN)C1CC1. The lowest BCUT2D eigenvalue weighted by Gasteiger charge is -2.23. The van der Waals surface area contributed by atoms with E-state index in [1.807, 2.05) is 0 Å². The molecule has 0 aromatic rings. The van der Waals surface area contributed by atoms with Crippen molar-refractivity contribution >= 4 is 0 Å². The summed E-state index contributed by atoms with van der Waals surface area (Å²) in [6.07, 6.45) is 6.64. The normalized spacial score (nSPS) is 18.8. The molecule has 0 saturated heterocycles. The summed E-state index contributed by atoms with van der Waals surface area (Å²) in [5.41, 5.74) is 6.04. The molecule has 0 spiro atoms. The Labute approximate surface area is 101 Å². The molecule has 0 aromatic carbocycles. The van der Waals surface area contributed by atoms with Crippen LogP contribution in [-0.4, -0.2) is 19.6 Å². The van der Waals surface area contributed by atoms with Crippen molar-refractivity contribution in [3.63, 3.8) is 0 Å². The van der Waals surface area contributed by atoms with Crippen molar-refractivity contribution in [2.45, 2.75) is 52.9 Å². The highest BCUT2D eigenvalue weighted by Crippen LogP contribution is 2.36. The largest absolute Gasteiger partial charge is 0.330 e. The van der Waals surface area contributed by atoms with Crippen LogP contribution in [0.25, 0.3) is 0 Å². The molecule has 1 aliphatic rings. The minimum atomic E-state index is 0.429. The second-order valence-corrected chi connectivity index (χ2v) is 6.33. The number of hydrogen-bond acceptors (Lipinski definition) is 2. The number of hydrogen-bond donors (Lipinski definition) is 2. The highest BCUT2D eigenvalue weighted by molar-refractivity contribution is 4.79. The topological polar surface area (TPSA) is 38.0 Å². The van der Waals surface area contributed by atoms with E-state index in [9.17, 15) is 0 Å². The lowest BCUT2D eigenvalue weighted by molar-refractivity contribution is 0.300. The van der Waals surface area contributed by atoms with Crippen LogP contribution in [0.1, 0.15) is 52.9 Å².